The number of piperidine rings is 1. The summed E-state index contributed by atoms with van der Waals surface area (Å²) < 4.78 is 29.9. The molecule has 0 atom stereocenters. The minimum atomic E-state index is -3.86. The van der Waals surface area contributed by atoms with Crippen molar-refractivity contribution in [3.63, 3.8) is 0 Å². The van der Waals surface area contributed by atoms with Gasteiger partial charge in [0.2, 0.25) is 0 Å². The van der Waals surface area contributed by atoms with E-state index in [2.05, 4.69) is 27.0 Å². The van der Waals surface area contributed by atoms with E-state index in [-0.39, 0.29) is 41.9 Å². The van der Waals surface area contributed by atoms with Crippen molar-refractivity contribution in [2.75, 3.05) is 13.1 Å². The van der Waals surface area contributed by atoms with Gasteiger partial charge < -0.3 is 14.5 Å². The third kappa shape index (κ3) is 5.13. The molecule has 39 heavy (non-hydrogen) atoms. The number of benzene rings is 2. The van der Waals surface area contributed by atoms with E-state index in [1.807, 2.05) is 22.8 Å². The van der Waals surface area contributed by atoms with Crippen molar-refractivity contribution in [1.29, 1.82) is 0 Å². The van der Waals surface area contributed by atoms with Gasteiger partial charge in [-0.3, -0.25) is 4.90 Å². The summed E-state index contributed by atoms with van der Waals surface area (Å²) in [5, 5.41) is 12.2. The Morgan fingerprint density at radius 2 is 1.64 bits per heavy atom. The van der Waals surface area contributed by atoms with Crippen molar-refractivity contribution < 1.29 is 37.2 Å². The number of hydrogen-bond donors (Lipinski definition) is 0. The maximum atomic E-state index is 13.4. The predicted molar refractivity (Wildman–Crippen MR) is 141 cm³/mol. The SMILES string of the molecule is O=C([O-])Cc1nc2cnc3c(ccn3S(=O)(=O)c3ccccc3)c2n1C1CCN(Cc2ccccc2)CC1.[Li+]. The second-order valence-corrected chi connectivity index (χ2v) is 11.4. The van der Waals surface area contributed by atoms with Gasteiger partial charge >= 0.3 is 18.9 Å². The van der Waals surface area contributed by atoms with E-state index in [9.17, 15) is 18.3 Å². The Labute approximate surface area is 238 Å². The molecule has 0 aliphatic carbocycles. The van der Waals surface area contributed by atoms with Gasteiger partial charge in [-0.25, -0.2) is 22.4 Å². The van der Waals surface area contributed by atoms with Gasteiger partial charge in [-0.1, -0.05) is 48.5 Å². The molecule has 194 valence electrons. The Morgan fingerprint density at radius 3 is 2.31 bits per heavy atom. The Morgan fingerprint density at radius 1 is 0.974 bits per heavy atom. The van der Waals surface area contributed by atoms with Crippen molar-refractivity contribution in [2.45, 2.75) is 36.7 Å². The molecule has 3 aromatic heterocycles. The molecule has 0 unspecified atom stereocenters. The summed E-state index contributed by atoms with van der Waals surface area (Å²) in [6.07, 6.45) is 4.31. The Balaban J connectivity index is 0.00000308. The second kappa shape index (κ2) is 11.0. The monoisotopic (exact) mass is 535 g/mol. The predicted octanol–water partition coefficient (Wildman–Crippen LogP) is -0.243. The van der Waals surface area contributed by atoms with Crippen molar-refractivity contribution in [2.24, 2.45) is 0 Å². The number of carbonyl (C=O) groups excluding carboxylic acids is 1. The van der Waals surface area contributed by atoms with Crippen LogP contribution < -0.4 is 24.0 Å². The average Bonchev–Trinajstić information content (AvgIpc) is 3.52. The van der Waals surface area contributed by atoms with Gasteiger partial charge in [-0.2, -0.15) is 0 Å². The topological polar surface area (TPSA) is 113 Å². The molecule has 1 aliphatic rings. The largest absolute Gasteiger partial charge is 1.00 e. The van der Waals surface area contributed by atoms with Crippen molar-refractivity contribution in [1.82, 2.24) is 23.4 Å². The maximum absolute atomic E-state index is 13.4. The summed E-state index contributed by atoms with van der Waals surface area (Å²) in [5.74, 6) is -0.814. The minimum Gasteiger partial charge on any atom is -0.550 e. The number of hydrogen-bond acceptors (Lipinski definition) is 7. The van der Waals surface area contributed by atoms with E-state index < -0.39 is 16.0 Å². The van der Waals surface area contributed by atoms with Crippen LogP contribution in [0.1, 0.15) is 30.3 Å². The quantitative estimate of drug-likeness (QED) is 0.264. The molecule has 9 nitrogen and oxygen atoms in total. The molecule has 0 saturated carbocycles. The molecule has 1 saturated heterocycles. The molecule has 0 amide bonds. The van der Waals surface area contributed by atoms with Gasteiger partial charge in [-0.15, -0.1) is 0 Å². The number of imidazole rings is 1. The minimum absolute atomic E-state index is 0. The van der Waals surface area contributed by atoms with Gasteiger partial charge in [0.05, 0.1) is 16.6 Å². The van der Waals surface area contributed by atoms with Crippen LogP contribution >= 0.6 is 0 Å². The van der Waals surface area contributed by atoms with E-state index in [1.54, 1.807) is 36.4 Å². The fourth-order valence-electron chi connectivity index (χ4n) is 5.42. The summed E-state index contributed by atoms with van der Waals surface area (Å²) in [6.45, 7) is 2.56. The summed E-state index contributed by atoms with van der Waals surface area (Å²) in [7, 11) is -3.86. The van der Waals surface area contributed by atoms with Crippen LogP contribution in [0.25, 0.3) is 22.1 Å². The van der Waals surface area contributed by atoms with Gasteiger partial charge in [0.1, 0.15) is 11.3 Å². The Hall–Kier alpha value is -3.42. The normalized spacial score (nSPS) is 15.0. The first-order valence-corrected chi connectivity index (χ1v) is 14.0. The van der Waals surface area contributed by atoms with E-state index in [1.165, 1.54) is 21.9 Å². The fourth-order valence-corrected chi connectivity index (χ4v) is 6.74. The molecule has 1 fully saturated rings. The van der Waals surface area contributed by atoms with Crippen LogP contribution in [0.3, 0.4) is 0 Å². The molecule has 2 aromatic carbocycles. The smallest absolute Gasteiger partial charge is 0.550 e. The molecule has 6 rings (SSSR count). The Bertz CT molecular complexity index is 1730. The molecular weight excluding hydrogens is 509 g/mol. The van der Waals surface area contributed by atoms with E-state index in [0.717, 1.165) is 32.5 Å². The molecule has 0 N–H and O–H groups in total. The molecule has 0 spiro atoms. The van der Waals surface area contributed by atoms with Gasteiger partial charge in [-0.05, 0) is 36.6 Å². The zero-order valence-corrected chi connectivity index (χ0v) is 22.4. The zero-order valence-electron chi connectivity index (χ0n) is 21.6. The van der Waals surface area contributed by atoms with Crippen LogP contribution in [-0.2, 0) is 27.8 Å². The first-order valence-electron chi connectivity index (χ1n) is 12.6. The van der Waals surface area contributed by atoms with Crippen molar-refractivity contribution in [3.8, 4) is 0 Å². The number of rotatable bonds is 7. The number of fused-ring (bicyclic) bond motifs is 3. The van der Waals surface area contributed by atoms with E-state index >= 15 is 0 Å². The molecule has 0 radical (unpaired) electrons. The Kier molecular flexibility index (Phi) is 7.65. The number of aliphatic carboxylic acids is 1. The van der Waals surface area contributed by atoms with Crippen LogP contribution in [0.5, 0.6) is 0 Å². The summed E-state index contributed by atoms with van der Waals surface area (Å²) in [6, 6.07) is 20.3. The number of carboxylic acid groups (broad SMARTS) is 1. The van der Waals surface area contributed by atoms with Crippen LogP contribution in [-0.4, -0.2) is 50.9 Å². The first kappa shape index (κ1) is 27.2. The number of likely N-dealkylation sites (tertiary alicyclic amines) is 1. The van der Waals surface area contributed by atoms with E-state index in [0.29, 0.717) is 22.2 Å². The summed E-state index contributed by atoms with van der Waals surface area (Å²) >= 11 is 0. The number of nitrogens with zero attached hydrogens (tertiary/aromatic N) is 5. The van der Waals surface area contributed by atoms with E-state index in [4.69, 9.17) is 0 Å². The number of pyridine rings is 1. The molecule has 0 bridgehead atoms. The molecular formula is C28H26LiN5O4S. The molecule has 1 aliphatic heterocycles. The second-order valence-electron chi connectivity index (χ2n) is 9.60. The standard InChI is InChI=1S/C28H27N5O4S.Li/c34-26(35)17-25-30-24-18-29-28-23(13-16-32(28)38(36,37)22-9-5-2-6-10-22)27(24)33(25)21-11-14-31(15-12-21)19-20-7-3-1-4-8-20;/h1-10,13,16,18,21H,11-12,14-15,17,19H2,(H,34,35);/q;+1/p-1. The van der Waals surface area contributed by atoms with Gasteiger partial charge in [0.15, 0.2) is 5.65 Å². The first-order chi connectivity index (χ1) is 18.4. The summed E-state index contributed by atoms with van der Waals surface area (Å²) in [5.41, 5.74) is 2.78. The van der Waals surface area contributed by atoms with Gasteiger partial charge in [0, 0.05) is 49.6 Å². The zero-order chi connectivity index (χ0) is 26.3. The molecule has 4 heterocycles. The summed E-state index contributed by atoms with van der Waals surface area (Å²) in [4.78, 5) is 23.2. The van der Waals surface area contributed by atoms with Crippen molar-refractivity contribution in [3.05, 3.63) is 90.5 Å². The third-order valence-corrected chi connectivity index (χ3v) is 8.86. The fraction of sp³-hybridized carbons (Fsp3) is 0.250. The van der Waals surface area contributed by atoms with Gasteiger partial charge in [0.25, 0.3) is 10.0 Å². The van der Waals surface area contributed by atoms with Crippen LogP contribution in [0.4, 0.5) is 0 Å². The van der Waals surface area contributed by atoms with Crippen LogP contribution in [0.15, 0.2) is 84.0 Å². The van der Waals surface area contributed by atoms with Crippen LogP contribution in [0, 0.1) is 0 Å². The van der Waals surface area contributed by atoms with Crippen LogP contribution in [0.2, 0.25) is 0 Å². The number of carboxylic acids is 1. The van der Waals surface area contributed by atoms with Crippen molar-refractivity contribution >= 4 is 38.1 Å². The number of aromatic nitrogens is 4. The molecule has 5 aromatic rings. The maximum Gasteiger partial charge on any atom is 1.00 e. The molecule has 11 heteroatoms. The third-order valence-electron chi connectivity index (χ3n) is 7.18. The average molecular weight is 536 g/mol. The number of carbonyl (C=O) groups is 1.